The zero-order chi connectivity index (χ0) is 16.7. The molecule has 0 spiro atoms. The van der Waals surface area contributed by atoms with Crippen molar-refractivity contribution in [2.75, 3.05) is 39.8 Å². The van der Waals surface area contributed by atoms with E-state index in [9.17, 15) is 0 Å². The molecule has 124 valence electrons. The Labute approximate surface area is 134 Å². The first-order chi connectivity index (χ1) is 10.0. The molecule has 2 heteroatoms. The van der Waals surface area contributed by atoms with Gasteiger partial charge in [0.05, 0.1) is 0 Å². The van der Waals surface area contributed by atoms with E-state index in [1.54, 1.807) is 0 Å². The molecule has 0 rings (SSSR count). The summed E-state index contributed by atoms with van der Waals surface area (Å²) in [6.07, 6.45) is 7.57. The van der Waals surface area contributed by atoms with Crippen LogP contribution in [0.4, 0.5) is 0 Å². The van der Waals surface area contributed by atoms with Crippen molar-refractivity contribution in [2.45, 2.75) is 48.0 Å². The van der Waals surface area contributed by atoms with Crippen molar-refractivity contribution in [2.24, 2.45) is 0 Å². The Bertz CT molecular complexity index is 299. The van der Waals surface area contributed by atoms with Crippen LogP contribution >= 0.6 is 0 Å². The van der Waals surface area contributed by atoms with E-state index in [2.05, 4.69) is 62.4 Å². The van der Waals surface area contributed by atoms with Gasteiger partial charge in [0.25, 0.3) is 0 Å². The zero-order valence-electron chi connectivity index (χ0n) is 15.6. The number of allylic oxidation sites excluding steroid dienone is 4. The first kappa shape index (κ1) is 22.4. The van der Waals surface area contributed by atoms with E-state index in [0.29, 0.717) is 0 Å². The summed E-state index contributed by atoms with van der Waals surface area (Å²) in [6, 6.07) is 0. The third-order valence-corrected chi connectivity index (χ3v) is 3.43. The summed E-state index contributed by atoms with van der Waals surface area (Å²) in [5.74, 6) is 0. The minimum Gasteiger partial charge on any atom is -0.305 e. The standard InChI is InChI=1S/C17H32N2.C2H6/c1-7-17(11-10-16(4)5)12-13-18(6)14-15-19(8-2)9-3;1-2/h7,10-11H,4,8-9,12-15H2,1-3,5-6H3;1-2H3/b11-10-,17-7+;. The van der Waals surface area contributed by atoms with Gasteiger partial charge < -0.3 is 9.80 Å². The molecule has 0 saturated carbocycles. The lowest BCUT2D eigenvalue weighted by atomic mass is 10.1. The van der Waals surface area contributed by atoms with E-state index < -0.39 is 0 Å². The first-order valence-electron chi connectivity index (χ1n) is 8.43. The van der Waals surface area contributed by atoms with Crippen LogP contribution in [-0.2, 0) is 0 Å². The molecule has 0 unspecified atom stereocenters. The Hall–Kier alpha value is -0.860. The maximum absolute atomic E-state index is 3.89. The zero-order valence-corrected chi connectivity index (χ0v) is 15.6. The lowest BCUT2D eigenvalue weighted by Crippen LogP contribution is -2.33. The maximum Gasteiger partial charge on any atom is 0.0109 e. The van der Waals surface area contributed by atoms with Crippen LogP contribution in [0.5, 0.6) is 0 Å². The monoisotopic (exact) mass is 294 g/mol. The smallest absolute Gasteiger partial charge is 0.0109 e. The fourth-order valence-corrected chi connectivity index (χ4v) is 1.86. The van der Waals surface area contributed by atoms with Gasteiger partial charge in [-0.1, -0.05) is 63.6 Å². The molecule has 0 aliphatic carbocycles. The summed E-state index contributed by atoms with van der Waals surface area (Å²) in [4.78, 5) is 4.88. The second kappa shape index (κ2) is 15.5. The number of nitrogens with zero attached hydrogens (tertiary/aromatic N) is 2. The van der Waals surface area contributed by atoms with E-state index >= 15 is 0 Å². The average Bonchev–Trinajstić information content (AvgIpc) is 2.50. The van der Waals surface area contributed by atoms with Crippen molar-refractivity contribution < 1.29 is 0 Å². The van der Waals surface area contributed by atoms with E-state index in [1.807, 2.05) is 20.8 Å². The molecular weight excluding hydrogens is 256 g/mol. The molecule has 0 heterocycles. The van der Waals surface area contributed by atoms with Gasteiger partial charge in [-0.2, -0.15) is 0 Å². The molecule has 0 amide bonds. The highest BCUT2D eigenvalue weighted by Crippen LogP contribution is 2.06. The molecule has 0 saturated heterocycles. The molecule has 0 radical (unpaired) electrons. The predicted octanol–water partition coefficient (Wildman–Crippen LogP) is 4.75. The van der Waals surface area contributed by atoms with Crippen LogP contribution in [0.2, 0.25) is 0 Å². The molecule has 0 bridgehead atoms. The van der Waals surface area contributed by atoms with Gasteiger partial charge in [0, 0.05) is 19.6 Å². The van der Waals surface area contributed by atoms with Crippen LogP contribution < -0.4 is 0 Å². The van der Waals surface area contributed by atoms with Crippen molar-refractivity contribution in [3.63, 3.8) is 0 Å². The summed E-state index contributed by atoms with van der Waals surface area (Å²) in [5.41, 5.74) is 2.49. The molecule has 0 aromatic rings. The Morgan fingerprint density at radius 2 is 1.57 bits per heavy atom. The topological polar surface area (TPSA) is 6.48 Å². The van der Waals surface area contributed by atoms with Crippen molar-refractivity contribution in [1.29, 1.82) is 0 Å². The summed E-state index contributed by atoms with van der Waals surface area (Å²) < 4.78 is 0. The van der Waals surface area contributed by atoms with Gasteiger partial charge in [-0.15, -0.1) is 0 Å². The lowest BCUT2D eigenvalue weighted by Gasteiger charge is -2.23. The second-order valence-corrected chi connectivity index (χ2v) is 5.12. The Kier molecular flexibility index (Phi) is 16.6. The minimum atomic E-state index is 1.11. The highest BCUT2D eigenvalue weighted by atomic mass is 15.2. The van der Waals surface area contributed by atoms with Gasteiger partial charge in [0.1, 0.15) is 0 Å². The van der Waals surface area contributed by atoms with Crippen LogP contribution in [0.1, 0.15) is 48.0 Å². The van der Waals surface area contributed by atoms with Gasteiger partial charge in [-0.05, 0) is 40.4 Å². The van der Waals surface area contributed by atoms with Gasteiger partial charge in [-0.3, -0.25) is 0 Å². The quantitative estimate of drug-likeness (QED) is 0.536. The van der Waals surface area contributed by atoms with Gasteiger partial charge in [0.15, 0.2) is 0 Å². The van der Waals surface area contributed by atoms with Gasteiger partial charge in [0.2, 0.25) is 0 Å². The van der Waals surface area contributed by atoms with E-state index in [1.165, 1.54) is 5.57 Å². The van der Waals surface area contributed by atoms with Crippen LogP contribution in [0.25, 0.3) is 0 Å². The van der Waals surface area contributed by atoms with Crippen LogP contribution in [0.3, 0.4) is 0 Å². The molecule has 0 N–H and O–H groups in total. The largest absolute Gasteiger partial charge is 0.305 e. The van der Waals surface area contributed by atoms with Crippen LogP contribution in [0.15, 0.2) is 36.0 Å². The molecule has 0 aromatic carbocycles. The van der Waals surface area contributed by atoms with Crippen molar-refractivity contribution in [3.8, 4) is 0 Å². The van der Waals surface area contributed by atoms with Gasteiger partial charge in [-0.25, -0.2) is 0 Å². The van der Waals surface area contributed by atoms with E-state index in [-0.39, 0.29) is 0 Å². The fraction of sp³-hybridized carbons (Fsp3) is 0.684. The number of rotatable bonds is 10. The summed E-state index contributed by atoms with van der Waals surface area (Å²) >= 11 is 0. The van der Waals surface area contributed by atoms with Crippen LogP contribution in [0, 0.1) is 0 Å². The van der Waals surface area contributed by atoms with Crippen molar-refractivity contribution >= 4 is 0 Å². The van der Waals surface area contributed by atoms with Crippen molar-refractivity contribution in [1.82, 2.24) is 9.80 Å². The highest BCUT2D eigenvalue weighted by Gasteiger charge is 2.03. The number of likely N-dealkylation sites (N-methyl/N-ethyl adjacent to an activating group) is 2. The second-order valence-electron chi connectivity index (χ2n) is 5.12. The molecule has 0 aliphatic rings. The normalized spacial score (nSPS) is 12.0. The molecule has 21 heavy (non-hydrogen) atoms. The molecule has 0 fully saturated rings. The van der Waals surface area contributed by atoms with E-state index in [4.69, 9.17) is 0 Å². The maximum atomic E-state index is 3.89. The lowest BCUT2D eigenvalue weighted by molar-refractivity contribution is 0.242. The molecule has 0 aromatic heterocycles. The highest BCUT2D eigenvalue weighted by molar-refractivity contribution is 5.24. The summed E-state index contributed by atoms with van der Waals surface area (Å²) in [5, 5.41) is 0. The third kappa shape index (κ3) is 13.9. The molecule has 0 aliphatic heterocycles. The molecular formula is C19H38N2. The van der Waals surface area contributed by atoms with Crippen molar-refractivity contribution in [3.05, 3.63) is 36.0 Å². The van der Waals surface area contributed by atoms with E-state index in [0.717, 1.165) is 44.7 Å². The Morgan fingerprint density at radius 3 is 2.00 bits per heavy atom. The predicted molar refractivity (Wildman–Crippen MR) is 99.0 cm³/mol. The summed E-state index contributed by atoms with van der Waals surface area (Å²) in [6.45, 7) is 22.2. The Morgan fingerprint density at radius 1 is 1.00 bits per heavy atom. The minimum absolute atomic E-state index is 1.11. The van der Waals surface area contributed by atoms with Gasteiger partial charge >= 0.3 is 0 Å². The SMILES string of the molecule is C=C(C)/C=C\C(=C/C)CCN(C)CCN(CC)CC.CC. The third-order valence-electron chi connectivity index (χ3n) is 3.43. The Balaban J connectivity index is 0. The molecule has 0 atom stereocenters. The number of hydrogen-bond acceptors (Lipinski definition) is 2. The summed E-state index contributed by atoms with van der Waals surface area (Å²) in [7, 11) is 2.21. The molecule has 2 nitrogen and oxygen atoms in total. The first-order valence-corrected chi connectivity index (χ1v) is 8.43. The van der Waals surface area contributed by atoms with Crippen LogP contribution in [-0.4, -0.2) is 49.6 Å². The number of hydrogen-bond donors (Lipinski definition) is 0. The fourth-order valence-electron chi connectivity index (χ4n) is 1.86. The average molecular weight is 295 g/mol.